The number of aromatic nitrogens is 1. The van der Waals surface area contributed by atoms with Crippen LogP contribution in [0.3, 0.4) is 0 Å². The van der Waals surface area contributed by atoms with Crippen LogP contribution in [0.5, 0.6) is 0 Å². The van der Waals surface area contributed by atoms with Gasteiger partial charge in [0.25, 0.3) is 0 Å². The van der Waals surface area contributed by atoms with E-state index in [1.54, 1.807) is 11.3 Å². The number of ether oxygens (including phenoxy) is 1. The van der Waals surface area contributed by atoms with E-state index in [0.29, 0.717) is 18.1 Å². The zero-order valence-electron chi connectivity index (χ0n) is 12.0. The van der Waals surface area contributed by atoms with Gasteiger partial charge in [-0.1, -0.05) is 41.7 Å². The molecule has 1 saturated heterocycles. The van der Waals surface area contributed by atoms with Gasteiger partial charge in [-0.2, -0.15) is 0 Å². The van der Waals surface area contributed by atoms with E-state index in [9.17, 15) is 0 Å². The van der Waals surface area contributed by atoms with Gasteiger partial charge in [0.15, 0.2) is 5.13 Å². The van der Waals surface area contributed by atoms with Gasteiger partial charge in [-0.05, 0) is 31.2 Å². The van der Waals surface area contributed by atoms with Crippen molar-refractivity contribution in [2.45, 2.75) is 37.8 Å². The van der Waals surface area contributed by atoms with Crippen molar-refractivity contribution >= 4 is 16.5 Å². The second kappa shape index (κ2) is 5.78. The molecule has 3 nitrogen and oxygen atoms in total. The van der Waals surface area contributed by atoms with E-state index < -0.39 is 0 Å². The second-order valence-corrected chi connectivity index (χ2v) is 6.97. The predicted molar refractivity (Wildman–Crippen MR) is 86.7 cm³/mol. The minimum Gasteiger partial charge on any atom is -0.378 e. The number of benzene rings is 1. The summed E-state index contributed by atoms with van der Waals surface area (Å²) < 4.78 is 5.84. The molecular formula is C17H20N2OS. The van der Waals surface area contributed by atoms with Crippen molar-refractivity contribution in [3.63, 3.8) is 0 Å². The van der Waals surface area contributed by atoms with Gasteiger partial charge in [0, 0.05) is 24.8 Å². The number of rotatable bonds is 3. The zero-order chi connectivity index (χ0) is 14.1. The zero-order valence-corrected chi connectivity index (χ0v) is 12.8. The summed E-state index contributed by atoms with van der Waals surface area (Å²) in [4.78, 5) is 5.80. The Morgan fingerprint density at radius 3 is 2.95 bits per heavy atom. The molecule has 0 spiro atoms. The van der Waals surface area contributed by atoms with E-state index in [0.717, 1.165) is 11.7 Å². The third-order valence-electron chi connectivity index (χ3n) is 4.65. The van der Waals surface area contributed by atoms with Crippen LogP contribution in [-0.2, 0) is 4.74 Å². The Kier molecular flexibility index (Phi) is 3.65. The molecule has 2 aliphatic rings. The molecule has 3 unspecified atom stereocenters. The van der Waals surface area contributed by atoms with Crippen LogP contribution >= 0.6 is 11.3 Å². The first-order valence-electron chi connectivity index (χ1n) is 7.79. The average Bonchev–Trinajstić information content (AvgIpc) is 3.17. The van der Waals surface area contributed by atoms with Crippen LogP contribution < -0.4 is 5.32 Å². The summed E-state index contributed by atoms with van der Waals surface area (Å²) in [5, 5.41) is 4.72. The topological polar surface area (TPSA) is 34.2 Å². The Morgan fingerprint density at radius 1 is 1.14 bits per heavy atom. The Balaban J connectivity index is 1.49. The molecule has 1 aromatic heterocycles. The van der Waals surface area contributed by atoms with Gasteiger partial charge in [0.05, 0.1) is 11.0 Å². The SMILES string of the molecule is c1ccc(-c2cnc(NC3CCCC4OCCC34)s2)cc1. The van der Waals surface area contributed by atoms with E-state index in [4.69, 9.17) is 4.74 Å². The minimum atomic E-state index is 0.477. The summed E-state index contributed by atoms with van der Waals surface area (Å²) in [5.41, 5.74) is 1.24. The normalized spacial score (nSPS) is 28.3. The van der Waals surface area contributed by atoms with Crippen LogP contribution in [0.1, 0.15) is 25.7 Å². The predicted octanol–water partition coefficient (Wildman–Crippen LogP) is 4.18. The first-order valence-corrected chi connectivity index (χ1v) is 8.61. The largest absolute Gasteiger partial charge is 0.378 e. The smallest absolute Gasteiger partial charge is 0.183 e. The summed E-state index contributed by atoms with van der Waals surface area (Å²) in [7, 11) is 0. The molecule has 0 radical (unpaired) electrons. The minimum absolute atomic E-state index is 0.477. The van der Waals surface area contributed by atoms with Crippen LogP contribution in [-0.4, -0.2) is 23.7 Å². The molecule has 4 rings (SSSR count). The van der Waals surface area contributed by atoms with E-state index in [1.165, 1.54) is 36.1 Å². The van der Waals surface area contributed by atoms with Crippen LogP contribution in [0, 0.1) is 5.92 Å². The number of fused-ring (bicyclic) bond motifs is 1. The van der Waals surface area contributed by atoms with Gasteiger partial charge in [0.1, 0.15) is 0 Å². The highest BCUT2D eigenvalue weighted by molar-refractivity contribution is 7.18. The maximum atomic E-state index is 5.84. The number of nitrogens with one attached hydrogen (secondary N) is 1. The summed E-state index contributed by atoms with van der Waals surface area (Å²) in [6.45, 7) is 0.931. The molecule has 1 aromatic carbocycles. The lowest BCUT2D eigenvalue weighted by molar-refractivity contribution is 0.0620. The highest BCUT2D eigenvalue weighted by atomic mass is 32.1. The highest BCUT2D eigenvalue weighted by Crippen LogP contribution is 2.37. The Morgan fingerprint density at radius 2 is 2.05 bits per heavy atom. The molecule has 3 atom stereocenters. The van der Waals surface area contributed by atoms with Crippen molar-refractivity contribution in [3.05, 3.63) is 36.5 Å². The Hall–Kier alpha value is -1.39. The van der Waals surface area contributed by atoms with Gasteiger partial charge in [0.2, 0.25) is 0 Å². The van der Waals surface area contributed by atoms with Gasteiger partial charge in [-0.25, -0.2) is 4.98 Å². The molecular weight excluding hydrogens is 280 g/mol. The van der Waals surface area contributed by atoms with E-state index in [2.05, 4.69) is 34.6 Å². The van der Waals surface area contributed by atoms with E-state index in [-0.39, 0.29) is 0 Å². The summed E-state index contributed by atoms with van der Waals surface area (Å²) in [5.74, 6) is 0.669. The lowest BCUT2D eigenvalue weighted by Gasteiger charge is -2.33. The van der Waals surface area contributed by atoms with Crippen LogP contribution in [0.15, 0.2) is 36.5 Å². The molecule has 1 N–H and O–H groups in total. The third-order valence-corrected chi connectivity index (χ3v) is 5.63. The number of thiazole rings is 1. The molecule has 21 heavy (non-hydrogen) atoms. The van der Waals surface area contributed by atoms with Crippen molar-refractivity contribution < 1.29 is 4.74 Å². The highest BCUT2D eigenvalue weighted by Gasteiger charge is 2.37. The Labute approximate surface area is 129 Å². The number of hydrogen-bond acceptors (Lipinski definition) is 4. The summed E-state index contributed by atoms with van der Waals surface area (Å²) >= 11 is 1.75. The fourth-order valence-electron chi connectivity index (χ4n) is 3.59. The van der Waals surface area contributed by atoms with Crippen molar-refractivity contribution in [2.24, 2.45) is 5.92 Å². The number of nitrogens with zero attached hydrogens (tertiary/aromatic N) is 1. The molecule has 1 aliphatic heterocycles. The van der Waals surface area contributed by atoms with Gasteiger partial charge in [-0.3, -0.25) is 0 Å². The maximum absolute atomic E-state index is 5.84. The first kappa shape index (κ1) is 13.3. The van der Waals surface area contributed by atoms with Crippen molar-refractivity contribution in [1.82, 2.24) is 4.98 Å². The van der Waals surface area contributed by atoms with E-state index in [1.807, 2.05) is 12.3 Å². The van der Waals surface area contributed by atoms with Gasteiger partial charge >= 0.3 is 0 Å². The van der Waals surface area contributed by atoms with Crippen LogP contribution in [0.2, 0.25) is 0 Å². The third kappa shape index (κ3) is 2.70. The monoisotopic (exact) mass is 300 g/mol. The van der Waals surface area contributed by atoms with Gasteiger partial charge < -0.3 is 10.1 Å². The van der Waals surface area contributed by atoms with Crippen molar-refractivity contribution in [1.29, 1.82) is 0 Å². The molecule has 1 aliphatic carbocycles. The molecule has 0 bridgehead atoms. The average molecular weight is 300 g/mol. The molecule has 2 heterocycles. The van der Waals surface area contributed by atoms with Crippen molar-refractivity contribution in [3.8, 4) is 10.4 Å². The Bertz CT molecular complexity index is 598. The van der Waals surface area contributed by atoms with Gasteiger partial charge in [-0.15, -0.1) is 0 Å². The van der Waals surface area contributed by atoms with Crippen LogP contribution in [0.4, 0.5) is 5.13 Å². The van der Waals surface area contributed by atoms with E-state index >= 15 is 0 Å². The lowest BCUT2D eigenvalue weighted by Crippen LogP contribution is -2.38. The van der Waals surface area contributed by atoms with Crippen molar-refractivity contribution in [2.75, 3.05) is 11.9 Å². The fraction of sp³-hybridized carbons (Fsp3) is 0.471. The molecule has 0 amide bonds. The first-order chi connectivity index (χ1) is 10.4. The number of anilines is 1. The quantitative estimate of drug-likeness (QED) is 0.923. The molecule has 2 aromatic rings. The summed E-state index contributed by atoms with van der Waals surface area (Å²) in [6, 6.07) is 11.0. The lowest BCUT2D eigenvalue weighted by atomic mass is 9.82. The molecule has 2 fully saturated rings. The fourth-order valence-corrected chi connectivity index (χ4v) is 4.47. The second-order valence-electron chi connectivity index (χ2n) is 5.94. The number of hydrogen-bond donors (Lipinski definition) is 1. The molecule has 1 saturated carbocycles. The standard InChI is InChI=1S/C17H20N2OS/c1-2-5-12(6-3-1)16-11-18-17(21-16)19-14-7-4-8-15-13(14)9-10-20-15/h1-3,5-6,11,13-15H,4,7-10H2,(H,18,19). The molecule has 4 heteroatoms. The van der Waals surface area contributed by atoms with Crippen LogP contribution in [0.25, 0.3) is 10.4 Å². The summed E-state index contributed by atoms with van der Waals surface area (Å²) in [6.07, 6.45) is 7.38. The maximum Gasteiger partial charge on any atom is 0.183 e. The molecule has 110 valence electrons.